The first kappa shape index (κ1) is 27.5. The maximum absolute atomic E-state index is 12.2. The zero-order valence-corrected chi connectivity index (χ0v) is 21.4. The predicted molar refractivity (Wildman–Crippen MR) is 149 cm³/mol. The molecule has 0 aliphatic heterocycles. The molecule has 0 aliphatic rings. The van der Waals surface area contributed by atoms with Crippen molar-refractivity contribution in [3.05, 3.63) is 96.1 Å². The molecule has 0 heterocycles. The second-order valence-electron chi connectivity index (χ2n) is 8.42. The fourth-order valence-electron chi connectivity index (χ4n) is 3.51. The standard InChI is InChI=1S/C29H31N3O4S/c33-26(18-13-23-10-5-2-6-11-23)30-24-14-16-25(17-15-24)31-29(37)32-27(34)19-20-28(35)36-21-7-12-22-8-3-1-4-9-22/h1-6,8-11,14-17H,7,12-13,18-21H2,(H,30,33)(H2,31,32,34,37). The van der Waals surface area contributed by atoms with Crippen molar-refractivity contribution in [3.8, 4) is 0 Å². The SMILES string of the molecule is O=C(CCC(=O)OCCCc1ccccc1)NC(=S)Nc1ccc(NC(=O)CCc2ccccc2)cc1. The van der Waals surface area contributed by atoms with Crippen molar-refractivity contribution in [2.45, 2.75) is 38.5 Å². The Hall–Kier alpha value is -4.04. The molecule has 0 atom stereocenters. The maximum atomic E-state index is 12.2. The molecule has 0 saturated heterocycles. The molecule has 8 heteroatoms. The summed E-state index contributed by atoms with van der Waals surface area (Å²) < 4.78 is 5.19. The third-order valence-electron chi connectivity index (χ3n) is 5.43. The molecular weight excluding hydrogens is 486 g/mol. The van der Waals surface area contributed by atoms with E-state index in [0.717, 1.165) is 18.4 Å². The van der Waals surface area contributed by atoms with Crippen LogP contribution in [0.3, 0.4) is 0 Å². The van der Waals surface area contributed by atoms with Crippen molar-refractivity contribution in [3.63, 3.8) is 0 Å². The van der Waals surface area contributed by atoms with Crippen LogP contribution >= 0.6 is 12.2 Å². The van der Waals surface area contributed by atoms with Crippen LogP contribution in [0.5, 0.6) is 0 Å². The molecule has 0 aliphatic carbocycles. The van der Waals surface area contributed by atoms with E-state index in [1.54, 1.807) is 24.3 Å². The Morgan fingerprint density at radius 2 is 1.22 bits per heavy atom. The molecular formula is C29H31N3O4S. The predicted octanol–water partition coefficient (Wildman–Crippen LogP) is 5.03. The minimum atomic E-state index is -0.413. The van der Waals surface area contributed by atoms with Crippen molar-refractivity contribution < 1.29 is 19.1 Å². The molecule has 192 valence electrons. The van der Waals surface area contributed by atoms with Gasteiger partial charge in [-0.15, -0.1) is 0 Å². The lowest BCUT2D eigenvalue weighted by Crippen LogP contribution is -2.34. The third-order valence-corrected chi connectivity index (χ3v) is 5.64. The van der Waals surface area contributed by atoms with E-state index in [2.05, 4.69) is 16.0 Å². The van der Waals surface area contributed by atoms with Gasteiger partial charge >= 0.3 is 5.97 Å². The first-order valence-corrected chi connectivity index (χ1v) is 12.6. The molecule has 3 aromatic rings. The Bertz CT molecular complexity index is 1170. The highest BCUT2D eigenvalue weighted by Crippen LogP contribution is 2.14. The summed E-state index contributed by atoms with van der Waals surface area (Å²) in [6, 6.07) is 26.8. The van der Waals surface area contributed by atoms with Gasteiger partial charge in [-0.2, -0.15) is 0 Å². The monoisotopic (exact) mass is 517 g/mol. The maximum Gasteiger partial charge on any atom is 0.306 e. The molecule has 7 nitrogen and oxygen atoms in total. The van der Waals surface area contributed by atoms with Gasteiger partial charge in [0.25, 0.3) is 0 Å². The topological polar surface area (TPSA) is 96.5 Å². The van der Waals surface area contributed by atoms with Gasteiger partial charge in [-0.3, -0.25) is 14.4 Å². The quantitative estimate of drug-likeness (QED) is 0.177. The average Bonchev–Trinajstić information content (AvgIpc) is 2.91. The summed E-state index contributed by atoms with van der Waals surface area (Å²) in [5.74, 6) is -0.855. The summed E-state index contributed by atoms with van der Waals surface area (Å²) >= 11 is 5.18. The summed E-state index contributed by atoms with van der Waals surface area (Å²) in [6.07, 6.45) is 2.58. The molecule has 0 radical (unpaired) electrons. The highest BCUT2D eigenvalue weighted by atomic mass is 32.1. The molecule has 2 amide bonds. The van der Waals surface area contributed by atoms with Crippen molar-refractivity contribution in [1.29, 1.82) is 0 Å². The number of amides is 2. The molecule has 0 aromatic heterocycles. The van der Waals surface area contributed by atoms with Gasteiger partial charge in [0.2, 0.25) is 11.8 Å². The number of carbonyl (C=O) groups excluding carboxylic acids is 3. The third kappa shape index (κ3) is 11.0. The van der Waals surface area contributed by atoms with E-state index in [9.17, 15) is 14.4 Å². The highest BCUT2D eigenvalue weighted by Gasteiger charge is 2.10. The van der Waals surface area contributed by atoms with E-state index in [4.69, 9.17) is 17.0 Å². The smallest absolute Gasteiger partial charge is 0.306 e. The van der Waals surface area contributed by atoms with Crippen LogP contribution in [0.15, 0.2) is 84.9 Å². The van der Waals surface area contributed by atoms with Crippen LogP contribution in [0.2, 0.25) is 0 Å². The molecule has 0 bridgehead atoms. The number of benzene rings is 3. The van der Waals surface area contributed by atoms with Crippen LogP contribution in [0, 0.1) is 0 Å². The van der Waals surface area contributed by atoms with Gasteiger partial charge < -0.3 is 20.7 Å². The Balaban J connectivity index is 1.28. The number of esters is 1. The minimum absolute atomic E-state index is 0.0154. The fraction of sp³-hybridized carbons (Fsp3) is 0.241. The largest absolute Gasteiger partial charge is 0.466 e. The van der Waals surface area contributed by atoms with Crippen molar-refractivity contribution >= 4 is 46.5 Å². The van der Waals surface area contributed by atoms with Crippen LogP contribution in [0.4, 0.5) is 11.4 Å². The summed E-state index contributed by atoms with van der Waals surface area (Å²) in [5, 5.41) is 8.46. The Morgan fingerprint density at radius 1 is 0.649 bits per heavy atom. The molecule has 3 rings (SSSR count). The molecule has 37 heavy (non-hydrogen) atoms. The summed E-state index contributed by atoms with van der Waals surface area (Å²) in [6.45, 7) is 0.318. The number of nitrogens with one attached hydrogen (secondary N) is 3. The first-order valence-electron chi connectivity index (χ1n) is 12.2. The lowest BCUT2D eigenvalue weighted by atomic mass is 10.1. The molecule has 3 aromatic carbocycles. The van der Waals surface area contributed by atoms with Crippen molar-refractivity contribution in [2.75, 3.05) is 17.2 Å². The first-order chi connectivity index (χ1) is 18.0. The zero-order valence-electron chi connectivity index (χ0n) is 20.6. The van der Waals surface area contributed by atoms with E-state index < -0.39 is 5.97 Å². The number of rotatable bonds is 12. The van der Waals surface area contributed by atoms with E-state index in [0.29, 0.717) is 30.8 Å². The molecule has 0 unspecified atom stereocenters. The normalized spacial score (nSPS) is 10.3. The molecule has 0 fully saturated rings. The van der Waals surface area contributed by atoms with Crippen LogP contribution in [-0.2, 0) is 32.0 Å². The number of anilines is 2. The summed E-state index contributed by atoms with van der Waals surface area (Å²) in [4.78, 5) is 36.2. The highest BCUT2D eigenvalue weighted by molar-refractivity contribution is 7.80. The number of ether oxygens (including phenoxy) is 1. The van der Waals surface area contributed by atoms with E-state index in [-0.39, 0.29) is 29.8 Å². The average molecular weight is 518 g/mol. The van der Waals surface area contributed by atoms with E-state index in [1.807, 2.05) is 60.7 Å². The van der Waals surface area contributed by atoms with Gasteiger partial charge in [0.05, 0.1) is 13.0 Å². The van der Waals surface area contributed by atoms with Crippen LogP contribution in [0.1, 0.15) is 36.8 Å². The Morgan fingerprint density at radius 3 is 1.84 bits per heavy atom. The zero-order chi connectivity index (χ0) is 26.3. The summed E-state index contributed by atoms with van der Waals surface area (Å²) in [7, 11) is 0. The van der Waals surface area contributed by atoms with Gasteiger partial charge in [0.1, 0.15) is 0 Å². The second-order valence-corrected chi connectivity index (χ2v) is 8.83. The van der Waals surface area contributed by atoms with Gasteiger partial charge in [0, 0.05) is 24.2 Å². The van der Waals surface area contributed by atoms with E-state index >= 15 is 0 Å². The van der Waals surface area contributed by atoms with Crippen molar-refractivity contribution in [2.24, 2.45) is 0 Å². The van der Waals surface area contributed by atoms with Gasteiger partial charge in [0.15, 0.2) is 5.11 Å². The Kier molecular flexibility index (Phi) is 11.3. The molecule has 3 N–H and O–H groups in total. The number of hydrogen-bond acceptors (Lipinski definition) is 5. The fourth-order valence-corrected chi connectivity index (χ4v) is 3.74. The molecule has 0 saturated carbocycles. The van der Waals surface area contributed by atoms with Crippen LogP contribution < -0.4 is 16.0 Å². The van der Waals surface area contributed by atoms with Gasteiger partial charge in [-0.25, -0.2) is 0 Å². The number of aryl methyl sites for hydroxylation is 2. The number of carbonyl (C=O) groups is 3. The van der Waals surface area contributed by atoms with E-state index in [1.165, 1.54) is 5.56 Å². The lowest BCUT2D eigenvalue weighted by Gasteiger charge is -2.11. The van der Waals surface area contributed by atoms with Gasteiger partial charge in [-0.1, -0.05) is 60.7 Å². The second kappa shape index (κ2) is 15.2. The summed E-state index contributed by atoms with van der Waals surface area (Å²) in [5.41, 5.74) is 3.63. The minimum Gasteiger partial charge on any atom is -0.466 e. The number of hydrogen-bond donors (Lipinski definition) is 3. The van der Waals surface area contributed by atoms with Crippen LogP contribution in [0.25, 0.3) is 0 Å². The van der Waals surface area contributed by atoms with Crippen molar-refractivity contribution in [1.82, 2.24) is 5.32 Å². The number of thiocarbonyl (C=S) groups is 1. The lowest BCUT2D eigenvalue weighted by molar-refractivity contribution is -0.145. The Labute approximate surface area is 222 Å². The molecule has 0 spiro atoms. The van der Waals surface area contributed by atoms with Crippen LogP contribution in [-0.4, -0.2) is 29.5 Å². The van der Waals surface area contributed by atoms with Gasteiger partial charge in [-0.05, 0) is 66.9 Å².